The van der Waals surface area contributed by atoms with E-state index >= 15 is 0 Å². The normalized spacial score (nSPS) is 23.8. The van der Waals surface area contributed by atoms with Crippen LogP contribution in [0.3, 0.4) is 0 Å². The van der Waals surface area contributed by atoms with Gasteiger partial charge >= 0.3 is 0 Å². The summed E-state index contributed by atoms with van der Waals surface area (Å²) in [6, 6.07) is 0. The molecule has 0 radical (unpaired) electrons. The predicted octanol–water partition coefficient (Wildman–Crippen LogP) is 0.784. The van der Waals surface area contributed by atoms with Crippen molar-refractivity contribution in [2.75, 3.05) is 26.4 Å². The van der Waals surface area contributed by atoms with E-state index in [1.165, 1.54) is 0 Å². The molecule has 2 rings (SSSR count). The minimum Gasteiger partial charge on any atom is -0.381 e. The molecule has 6 heteroatoms. The Balaban J connectivity index is 2.05. The van der Waals surface area contributed by atoms with E-state index in [1.54, 1.807) is 0 Å². The highest BCUT2D eigenvalue weighted by Crippen LogP contribution is 2.25. The van der Waals surface area contributed by atoms with E-state index in [9.17, 15) is 0 Å². The number of hydrogen-bond donors (Lipinski definition) is 1. The zero-order valence-corrected chi connectivity index (χ0v) is 10.3. The van der Waals surface area contributed by atoms with Gasteiger partial charge in [0.2, 0.25) is 5.89 Å². The standard InChI is InChI=1S/C11H19N3O3/c1-3-15-7-11(2,12)10-13-9(17-14-10)8-4-5-16-6-8/h8H,3-7,12H2,1-2H3. The van der Waals surface area contributed by atoms with E-state index in [2.05, 4.69) is 10.1 Å². The zero-order valence-electron chi connectivity index (χ0n) is 10.3. The second-order valence-corrected chi connectivity index (χ2v) is 4.57. The number of aromatic nitrogens is 2. The third-order valence-electron chi connectivity index (χ3n) is 2.84. The van der Waals surface area contributed by atoms with Crippen molar-refractivity contribution in [1.82, 2.24) is 10.1 Å². The van der Waals surface area contributed by atoms with Crippen LogP contribution in [0.15, 0.2) is 4.52 Å². The van der Waals surface area contributed by atoms with Gasteiger partial charge in [0.15, 0.2) is 5.82 Å². The van der Waals surface area contributed by atoms with Gasteiger partial charge in [-0.3, -0.25) is 0 Å². The summed E-state index contributed by atoms with van der Waals surface area (Å²) in [5.74, 6) is 1.32. The van der Waals surface area contributed by atoms with Crippen LogP contribution < -0.4 is 5.73 Å². The number of nitrogens with two attached hydrogens (primary N) is 1. The lowest BCUT2D eigenvalue weighted by atomic mass is 10.0. The van der Waals surface area contributed by atoms with E-state index in [1.807, 2.05) is 13.8 Å². The highest BCUT2D eigenvalue weighted by molar-refractivity contribution is 5.04. The fourth-order valence-electron chi connectivity index (χ4n) is 1.74. The smallest absolute Gasteiger partial charge is 0.232 e. The van der Waals surface area contributed by atoms with Crippen LogP contribution in [0, 0.1) is 0 Å². The molecule has 96 valence electrons. The van der Waals surface area contributed by atoms with Gasteiger partial charge in [-0.15, -0.1) is 0 Å². The maximum Gasteiger partial charge on any atom is 0.232 e. The Kier molecular flexibility index (Phi) is 3.76. The fraction of sp³-hybridized carbons (Fsp3) is 0.818. The van der Waals surface area contributed by atoms with Crippen molar-refractivity contribution < 1.29 is 14.0 Å². The molecule has 0 aliphatic carbocycles. The minimum absolute atomic E-state index is 0.208. The lowest BCUT2D eigenvalue weighted by molar-refractivity contribution is 0.0962. The monoisotopic (exact) mass is 241 g/mol. The minimum atomic E-state index is -0.711. The van der Waals surface area contributed by atoms with Crippen molar-refractivity contribution in [2.24, 2.45) is 5.73 Å². The Bertz CT molecular complexity index is 359. The molecule has 17 heavy (non-hydrogen) atoms. The van der Waals surface area contributed by atoms with Gasteiger partial charge in [0, 0.05) is 13.2 Å². The average molecular weight is 241 g/mol. The molecule has 1 aliphatic heterocycles. The van der Waals surface area contributed by atoms with Crippen LogP contribution in [0.4, 0.5) is 0 Å². The molecule has 2 atom stereocenters. The Morgan fingerprint density at radius 3 is 3.06 bits per heavy atom. The van der Waals surface area contributed by atoms with Crippen molar-refractivity contribution in [1.29, 1.82) is 0 Å². The maximum absolute atomic E-state index is 6.09. The lowest BCUT2D eigenvalue weighted by Gasteiger charge is -2.19. The van der Waals surface area contributed by atoms with Crippen molar-refractivity contribution in [3.05, 3.63) is 11.7 Å². The third kappa shape index (κ3) is 2.83. The van der Waals surface area contributed by atoms with E-state index in [0.717, 1.165) is 13.0 Å². The molecule has 6 nitrogen and oxygen atoms in total. The highest BCUT2D eigenvalue weighted by atomic mass is 16.5. The molecule has 2 unspecified atom stereocenters. The van der Waals surface area contributed by atoms with E-state index in [-0.39, 0.29) is 5.92 Å². The van der Waals surface area contributed by atoms with Crippen molar-refractivity contribution in [3.63, 3.8) is 0 Å². The van der Waals surface area contributed by atoms with Crippen LogP contribution in [0.2, 0.25) is 0 Å². The van der Waals surface area contributed by atoms with Gasteiger partial charge in [0.1, 0.15) is 5.54 Å². The molecule has 1 saturated heterocycles. The van der Waals surface area contributed by atoms with Crippen molar-refractivity contribution in [3.8, 4) is 0 Å². The number of nitrogens with zero attached hydrogens (tertiary/aromatic N) is 2. The second kappa shape index (κ2) is 5.12. The van der Waals surface area contributed by atoms with E-state index in [4.69, 9.17) is 19.7 Å². The Labute approximate surface area is 100 Å². The fourth-order valence-corrected chi connectivity index (χ4v) is 1.74. The summed E-state index contributed by atoms with van der Waals surface area (Å²) in [6.45, 7) is 6.16. The van der Waals surface area contributed by atoms with Crippen LogP contribution >= 0.6 is 0 Å². The summed E-state index contributed by atoms with van der Waals surface area (Å²) in [7, 11) is 0. The summed E-state index contributed by atoms with van der Waals surface area (Å²) < 4.78 is 15.8. The van der Waals surface area contributed by atoms with Crippen molar-refractivity contribution in [2.45, 2.75) is 31.7 Å². The quantitative estimate of drug-likeness (QED) is 0.820. The van der Waals surface area contributed by atoms with E-state index < -0.39 is 5.54 Å². The average Bonchev–Trinajstić information content (AvgIpc) is 2.95. The van der Waals surface area contributed by atoms with Crippen LogP contribution in [0.5, 0.6) is 0 Å². The molecule has 2 heterocycles. The summed E-state index contributed by atoms with van der Waals surface area (Å²) in [5.41, 5.74) is 5.38. The van der Waals surface area contributed by atoms with Gasteiger partial charge in [0.25, 0.3) is 0 Å². The maximum atomic E-state index is 6.09. The molecule has 0 spiro atoms. The lowest BCUT2D eigenvalue weighted by Crippen LogP contribution is -2.39. The van der Waals surface area contributed by atoms with Crippen LogP contribution in [0.25, 0.3) is 0 Å². The number of hydrogen-bond acceptors (Lipinski definition) is 6. The van der Waals surface area contributed by atoms with E-state index in [0.29, 0.717) is 31.5 Å². The van der Waals surface area contributed by atoms with Crippen LogP contribution in [-0.4, -0.2) is 36.6 Å². The number of rotatable bonds is 5. The SMILES string of the molecule is CCOCC(C)(N)c1noc(C2CCOC2)n1. The van der Waals surface area contributed by atoms with Crippen LogP contribution in [-0.2, 0) is 15.0 Å². The molecule has 0 amide bonds. The first-order valence-electron chi connectivity index (χ1n) is 5.92. The Morgan fingerprint density at radius 1 is 1.59 bits per heavy atom. The molecule has 0 bridgehead atoms. The molecular weight excluding hydrogens is 222 g/mol. The molecule has 0 aromatic carbocycles. The van der Waals surface area contributed by atoms with Crippen molar-refractivity contribution >= 4 is 0 Å². The van der Waals surface area contributed by atoms with Crippen LogP contribution in [0.1, 0.15) is 37.9 Å². The first kappa shape index (κ1) is 12.5. The van der Waals surface area contributed by atoms with Gasteiger partial charge in [-0.2, -0.15) is 4.98 Å². The molecule has 1 aromatic heterocycles. The number of ether oxygens (including phenoxy) is 2. The summed E-state index contributed by atoms with van der Waals surface area (Å²) in [5, 5.41) is 3.94. The van der Waals surface area contributed by atoms with Gasteiger partial charge in [-0.25, -0.2) is 0 Å². The van der Waals surface area contributed by atoms with Gasteiger partial charge in [-0.1, -0.05) is 5.16 Å². The molecule has 1 aromatic rings. The zero-order chi connectivity index (χ0) is 12.3. The first-order chi connectivity index (χ1) is 8.13. The van der Waals surface area contributed by atoms with Gasteiger partial charge in [-0.05, 0) is 20.3 Å². The molecule has 0 saturated carbocycles. The summed E-state index contributed by atoms with van der Waals surface area (Å²) >= 11 is 0. The molecule has 1 aliphatic rings. The highest BCUT2D eigenvalue weighted by Gasteiger charge is 2.30. The van der Waals surface area contributed by atoms with Gasteiger partial charge < -0.3 is 19.7 Å². The summed E-state index contributed by atoms with van der Waals surface area (Å²) in [4.78, 5) is 4.35. The first-order valence-corrected chi connectivity index (χ1v) is 5.92. The molecular formula is C11H19N3O3. The topological polar surface area (TPSA) is 83.4 Å². The third-order valence-corrected chi connectivity index (χ3v) is 2.84. The molecule has 1 fully saturated rings. The Hall–Kier alpha value is -0.980. The second-order valence-electron chi connectivity index (χ2n) is 4.57. The largest absolute Gasteiger partial charge is 0.381 e. The van der Waals surface area contributed by atoms with Gasteiger partial charge in [0.05, 0.1) is 19.1 Å². The summed E-state index contributed by atoms with van der Waals surface area (Å²) in [6.07, 6.45) is 0.925. The molecule has 2 N–H and O–H groups in total. The predicted molar refractivity (Wildman–Crippen MR) is 60.5 cm³/mol. The Morgan fingerprint density at radius 2 is 2.41 bits per heavy atom.